The Labute approximate surface area is 358 Å². The van der Waals surface area contributed by atoms with Gasteiger partial charge in [-0.15, -0.1) is 0 Å². The van der Waals surface area contributed by atoms with E-state index in [0.29, 0.717) is 56.1 Å². The number of carbonyl (C=O) groups excluding carboxylic acids is 1. The van der Waals surface area contributed by atoms with Gasteiger partial charge in [0.05, 0.1) is 54.2 Å². The van der Waals surface area contributed by atoms with Crippen LogP contribution < -0.4 is 10.5 Å². The number of nitrogens with two attached hydrogens (primary N) is 1. The topological polar surface area (TPSA) is 226 Å². The summed E-state index contributed by atoms with van der Waals surface area (Å²) in [5.74, 6) is -0.200. The maximum atomic E-state index is 12.9. The number of amides is 1. The minimum atomic E-state index is -3.89. The molecule has 0 radical (unpaired) electrons. The average Bonchev–Trinajstić information content (AvgIpc) is 3.22. The highest BCUT2D eigenvalue weighted by atomic mass is 32.2. The minimum absolute atomic E-state index is 0.0386. The van der Waals surface area contributed by atoms with Gasteiger partial charge in [-0.3, -0.25) is 4.79 Å². The van der Waals surface area contributed by atoms with Gasteiger partial charge in [0.1, 0.15) is 11.5 Å². The van der Waals surface area contributed by atoms with Crippen LogP contribution in [0.1, 0.15) is 124 Å². The Morgan fingerprint density at radius 3 is 1.84 bits per heavy atom. The average molecular weight is 871 g/mol. The molecule has 3 aliphatic heterocycles. The summed E-state index contributed by atoms with van der Waals surface area (Å²) in [6, 6.07) is 19.3. The van der Waals surface area contributed by atoms with Crippen molar-refractivity contribution in [3.8, 4) is 11.5 Å². The zero-order chi connectivity index (χ0) is 43.4. The van der Waals surface area contributed by atoms with Crippen molar-refractivity contribution in [1.29, 1.82) is 0 Å². The maximum Gasteiger partial charge on any atom is 0.251 e. The van der Waals surface area contributed by atoms with Crippen molar-refractivity contribution in [2.24, 2.45) is 5.14 Å². The van der Waals surface area contributed by atoms with Crippen LogP contribution in [0.15, 0.2) is 77.7 Å². The normalized spacial score (nSPS) is 27.6. The molecular weight excluding hydrogens is 809 g/mol. The van der Waals surface area contributed by atoms with Crippen molar-refractivity contribution < 1.29 is 62.1 Å². The number of hydrogen-bond donors (Lipinski definition) is 6. The molecule has 16 heteroatoms. The number of phenolic OH excluding ortho intramolecular Hbond substituents is 2. The zero-order valence-corrected chi connectivity index (χ0v) is 35.6. The molecule has 7 N–H and O–H groups in total. The van der Waals surface area contributed by atoms with Crippen molar-refractivity contribution in [3.63, 3.8) is 0 Å². The van der Waals surface area contributed by atoms with Crippen molar-refractivity contribution in [2.45, 2.75) is 157 Å². The van der Waals surface area contributed by atoms with E-state index in [4.69, 9.17) is 33.6 Å². The number of phenols is 2. The van der Waals surface area contributed by atoms with Crippen LogP contribution in [0.2, 0.25) is 0 Å². The summed E-state index contributed by atoms with van der Waals surface area (Å²) in [5.41, 5.74) is 1.41. The van der Waals surface area contributed by atoms with Gasteiger partial charge in [0.15, 0.2) is 18.9 Å². The fourth-order valence-electron chi connectivity index (χ4n) is 8.34. The van der Waals surface area contributed by atoms with E-state index in [1.807, 2.05) is 25.1 Å². The van der Waals surface area contributed by atoms with Crippen LogP contribution in [0.5, 0.6) is 11.5 Å². The van der Waals surface area contributed by atoms with Crippen molar-refractivity contribution in [3.05, 3.63) is 89.5 Å². The summed E-state index contributed by atoms with van der Waals surface area (Å²) in [7, 11) is -3.89. The van der Waals surface area contributed by atoms with Gasteiger partial charge in [0, 0.05) is 36.1 Å². The van der Waals surface area contributed by atoms with Crippen LogP contribution >= 0.6 is 0 Å². The number of primary sulfonamides is 1. The Bertz CT molecular complexity index is 1940. The van der Waals surface area contributed by atoms with Crippen molar-refractivity contribution in [1.82, 2.24) is 5.32 Å². The molecule has 3 aromatic rings. The van der Waals surface area contributed by atoms with Gasteiger partial charge in [-0.1, -0.05) is 36.4 Å². The third kappa shape index (κ3) is 14.2. The van der Waals surface area contributed by atoms with E-state index < -0.39 is 40.9 Å². The first kappa shape index (κ1) is 46.8. The summed E-state index contributed by atoms with van der Waals surface area (Å²) < 4.78 is 60.7. The van der Waals surface area contributed by atoms with Crippen molar-refractivity contribution in [2.75, 3.05) is 13.2 Å². The molecule has 3 heterocycles. The van der Waals surface area contributed by atoms with E-state index in [9.17, 15) is 33.6 Å². The van der Waals surface area contributed by atoms with Crippen LogP contribution in [-0.2, 0) is 38.4 Å². The number of para-hydroxylation sites is 2. The van der Waals surface area contributed by atoms with Gasteiger partial charge in [-0.05, 0) is 114 Å². The molecule has 1 amide bonds. The molecule has 10 atom stereocenters. The third-order valence-corrected chi connectivity index (χ3v) is 12.4. The minimum Gasteiger partial charge on any atom is -0.507 e. The maximum absolute atomic E-state index is 12.9. The zero-order valence-electron chi connectivity index (χ0n) is 34.8. The molecule has 0 saturated carbocycles. The lowest BCUT2D eigenvalue weighted by Crippen LogP contribution is -2.44. The van der Waals surface area contributed by atoms with Crippen LogP contribution in [0.3, 0.4) is 0 Å². The third-order valence-electron chi connectivity index (χ3n) is 11.5. The number of nitrogens with one attached hydrogen (secondary N) is 1. The van der Waals surface area contributed by atoms with Crippen LogP contribution in [0.4, 0.5) is 0 Å². The molecule has 3 aromatic carbocycles. The van der Waals surface area contributed by atoms with E-state index >= 15 is 0 Å². The lowest BCUT2D eigenvalue weighted by molar-refractivity contribution is -0.256. The largest absolute Gasteiger partial charge is 0.507 e. The van der Waals surface area contributed by atoms with Gasteiger partial charge in [0.25, 0.3) is 5.91 Å². The number of ether oxygens (including phenoxy) is 6. The predicted molar refractivity (Wildman–Crippen MR) is 224 cm³/mol. The fraction of sp³-hybridized carbons (Fsp3) is 0.578. The molecule has 15 nitrogen and oxygen atoms in total. The van der Waals surface area contributed by atoms with Gasteiger partial charge >= 0.3 is 0 Å². The smallest absolute Gasteiger partial charge is 0.251 e. The van der Waals surface area contributed by atoms with E-state index in [1.165, 1.54) is 24.3 Å². The predicted octanol–water partition coefficient (Wildman–Crippen LogP) is 6.00. The number of aliphatic hydroxyl groups excluding tert-OH is 2. The van der Waals surface area contributed by atoms with E-state index in [-0.39, 0.29) is 71.7 Å². The lowest BCUT2D eigenvalue weighted by atomic mass is 9.95. The molecular formula is C45H62N2O13S. The van der Waals surface area contributed by atoms with Crippen molar-refractivity contribution >= 4 is 15.9 Å². The molecule has 0 aliphatic carbocycles. The summed E-state index contributed by atoms with van der Waals surface area (Å²) in [6.45, 7) is 2.17. The fourth-order valence-corrected chi connectivity index (χ4v) is 8.86. The summed E-state index contributed by atoms with van der Waals surface area (Å²) in [6.07, 6.45) is 4.92. The highest BCUT2D eigenvalue weighted by molar-refractivity contribution is 7.89. The number of aliphatic hydroxyl groups is 2. The second-order valence-electron chi connectivity index (χ2n) is 16.4. The Kier molecular flexibility index (Phi) is 17.3. The first-order valence-corrected chi connectivity index (χ1v) is 23.1. The number of aromatic hydroxyl groups is 2. The summed E-state index contributed by atoms with van der Waals surface area (Å²) in [5, 5.41) is 49.7. The second kappa shape index (κ2) is 22.6. The van der Waals surface area contributed by atoms with E-state index in [0.717, 1.165) is 38.5 Å². The standard InChI is InChI=1S/C45H62N2O13S/c1-29-24-32(58-44(55-29)38-15-2-4-17-40(38)50)13-9-14-35-27-36(60-45(59-35)39-16-3-5-18-41(39)51)25-31(49)10-8-12-34-26-33(11-6-7-23-48)56-42(57-34)28-47-43(52)30-19-21-37(22-20-30)61(46,53)54/h2-5,15-22,29,31-36,42,44-45,48-51H,6-14,23-28H2,1H3,(H,47,52)(H2,46,53,54). The molecule has 3 saturated heterocycles. The number of benzene rings is 3. The van der Waals surface area contributed by atoms with Crippen LogP contribution in [0, 0.1) is 0 Å². The first-order chi connectivity index (χ1) is 29.3. The highest BCUT2D eigenvalue weighted by Crippen LogP contribution is 2.39. The first-order valence-electron chi connectivity index (χ1n) is 21.5. The molecule has 10 unspecified atom stereocenters. The second-order valence-corrected chi connectivity index (χ2v) is 18.0. The number of hydrogen-bond acceptors (Lipinski definition) is 13. The van der Waals surface area contributed by atoms with Gasteiger partial charge < -0.3 is 54.2 Å². The van der Waals surface area contributed by atoms with E-state index in [2.05, 4.69) is 5.32 Å². The molecule has 0 aromatic heterocycles. The molecule has 61 heavy (non-hydrogen) atoms. The molecule has 0 bridgehead atoms. The number of sulfonamides is 1. The summed E-state index contributed by atoms with van der Waals surface area (Å²) >= 11 is 0. The quantitative estimate of drug-likeness (QED) is 0.0718. The molecule has 6 rings (SSSR count). The van der Waals surface area contributed by atoms with Crippen LogP contribution in [0.25, 0.3) is 0 Å². The van der Waals surface area contributed by atoms with Crippen LogP contribution in [-0.4, -0.2) is 96.9 Å². The number of unbranched alkanes of at least 4 members (excludes halogenated alkanes) is 1. The summed E-state index contributed by atoms with van der Waals surface area (Å²) in [4.78, 5) is 12.8. The van der Waals surface area contributed by atoms with E-state index in [1.54, 1.807) is 30.3 Å². The number of rotatable bonds is 20. The lowest BCUT2D eigenvalue weighted by Gasteiger charge is -2.38. The Morgan fingerprint density at radius 1 is 0.705 bits per heavy atom. The molecule has 336 valence electrons. The SMILES string of the molecule is CC1CC(CCCC2CC(CC(O)CCCC3CC(CCCCO)OC(CNC(=O)c4ccc(S(N)(=O)=O)cc4)O3)OC(c3ccccc3O)O2)OC(c2ccccc2O)O1. The monoisotopic (exact) mass is 870 g/mol. The molecule has 3 aliphatic rings. The number of carbonyl (C=O) groups is 1. The van der Waals surface area contributed by atoms with Gasteiger partial charge in [-0.25, -0.2) is 13.6 Å². The Balaban J connectivity index is 0.996. The Hall–Kier alpha value is -3.68. The highest BCUT2D eigenvalue weighted by Gasteiger charge is 2.35. The van der Waals surface area contributed by atoms with Gasteiger partial charge in [-0.2, -0.15) is 0 Å². The van der Waals surface area contributed by atoms with Gasteiger partial charge in [0.2, 0.25) is 10.0 Å². The molecule has 0 spiro atoms. The Morgan fingerprint density at radius 2 is 1.23 bits per heavy atom. The molecule has 3 fully saturated rings.